The minimum atomic E-state index is -0.603. The van der Waals surface area contributed by atoms with Crippen molar-refractivity contribution in [3.8, 4) is 0 Å². The molecular formula is C20H19BrF2N2O2. The predicted molar refractivity (Wildman–Crippen MR) is 103 cm³/mol. The number of carbonyl (C=O) groups excluding carboxylic acids is 1. The number of aryl methyl sites for hydroxylation is 1. The molecule has 0 bridgehead atoms. The van der Waals surface area contributed by atoms with Crippen LogP contribution in [0.5, 0.6) is 0 Å². The van der Waals surface area contributed by atoms with Crippen LogP contribution < -0.4 is 0 Å². The maximum atomic E-state index is 15.2. The number of halogens is 3. The van der Waals surface area contributed by atoms with Crippen LogP contribution in [0.3, 0.4) is 0 Å². The molecule has 0 N–H and O–H groups in total. The van der Waals surface area contributed by atoms with Crippen LogP contribution in [0.15, 0.2) is 35.1 Å². The highest BCUT2D eigenvalue weighted by atomic mass is 79.9. The van der Waals surface area contributed by atoms with Gasteiger partial charge in [-0.15, -0.1) is 0 Å². The molecule has 0 atom stereocenters. The molecule has 2 aromatic carbocycles. The van der Waals surface area contributed by atoms with E-state index in [1.54, 1.807) is 29.8 Å². The maximum Gasteiger partial charge on any atom is 0.188 e. The van der Waals surface area contributed by atoms with E-state index in [0.717, 1.165) is 6.42 Å². The maximum absolute atomic E-state index is 15.2. The number of nitrogens with zero attached hydrogens (tertiary/aromatic N) is 2. The first kappa shape index (κ1) is 19.6. The lowest BCUT2D eigenvalue weighted by Gasteiger charge is -2.13. The Morgan fingerprint density at radius 2 is 2.07 bits per heavy atom. The fraction of sp³-hybridized carbons (Fsp3) is 0.300. The molecule has 0 unspecified atom stereocenters. The molecule has 0 aliphatic heterocycles. The van der Waals surface area contributed by atoms with E-state index >= 15 is 4.39 Å². The van der Waals surface area contributed by atoms with E-state index in [1.165, 1.54) is 12.4 Å². The molecule has 3 rings (SSSR count). The van der Waals surface area contributed by atoms with E-state index in [-0.39, 0.29) is 35.5 Å². The monoisotopic (exact) mass is 436 g/mol. The zero-order valence-corrected chi connectivity index (χ0v) is 16.6. The Hall–Kier alpha value is -2.12. The van der Waals surface area contributed by atoms with Crippen LogP contribution in [0, 0.1) is 11.6 Å². The zero-order chi connectivity index (χ0) is 19.6. The molecule has 7 heteroatoms. The van der Waals surface area contributed by atoms with Crippen molar-refractivity contribution in [2.24, 2.45) is 7.05 Å². The van der Waals surface area contributed by atoms with Gasteiger partial charge in [0.1, 0.15) is 17.9 Å². The van der Waals surface area contributed by atoms with E-state index in [0.29, 0.717) is 22.2 Å². The van der Waals surface area contributed by atoms with Crippen molar-refractivity contribution in [1.82, 2.24) is 9.55 Å². The third-order valence-corrected chi connectivity index (χ3v) is 4.82. The molecule has 0 fully saturated rings. The van der Waals surface area contributed by atoms with Crippen LogP contribution in [0.25, 0.3) is 11.0 Å². The van der Waals surface area contributed by atoms with E-state index in [9.17, 15) is 9.18 Å². The molecule has 0 spiro atoms. The Morgan fingerprint density at radius 3 is 2.78 bits per heavy atom. The SMILES string of the molecule is CCCOCC(=O)c1cc2c(ncn2C)c(F)c1Cc1ccc(Br)cc1F. The molecule has 0 aliphatic carbocycles. The number of hydrogen-bond donors (Lipinski definition) is 0. The van der Waals surface area contributed by atoms with Gasteiger partial charge in [-0.3, -0.25) is 4.79 Å². The van der Waals surface area contributed by atoms with E-state index < -0.39 is 11.6 Å². The normalized spacial score (nSPS) is 11.3. The summed E-state index contributed by atoms with van der Waals surface area (Å²) in [4.78, 5) is 16.8. The highest BCUT2D eigenvalue weighted by Crippen LogP contribution is 2.28. The largest absolute Gasteiger partial charge is 0.373 e. The molecule has 142 valence electrons. The van der Waals surface area contributed by atoms with Crippen molar-refractivity contribution in [2.75, 3.05) is 13.2 Å². The highest BCUT2D eigenvalue weighted by molar-refractivity contribution is 9.10. The van der Waals surface area contributed by atoms with Crippen LogP contribution in [0.2, 0.25) is 0 Å². The minimum absolute atomic E-state index is 0.0493. The Balaban J connectivity index is 2.09. The Kier molecular flexibility index (Phi) is 6.01. The van der Waals surface area contributed by atoms with Gasteiger partial charge in [-0.2, -0.15) is 0 Å². The van der Waals surface area contributed by atoms with Crippen molar-refractivity contribution in [1.29, 1.82) is 0 Å². The summed E-state index contributed by atoms with van der Waals surface area (Å²) in [6, 6.07) is 6.18. The standard InChI is InChI=1S/C20H19BrF2N2O2/c1-3-6-27-10-18(26)14-9-17-20(24-11-25(17)2)19(23)15(14)7-12-4-5-13(21)8-16(12)22/h4-5,8-9,11H,3,6-7,10H2,1-2H3. The molecule has 1 aromatic heterocycles. The Bertz CT molecular complexity index is 1000. The molecule has 0 aliphatic rings. The highest BCUT2D eigenvalue weighted by Gasteiger charge is 2.22. The molecule has 4 nitrogen and oxygen atoms in total. The number of carbonyl (C=O) groups is 1. The van der Waals surface area contributed by atoms with Crippen LogP contribution in [0.1, 0.15) is 34.8 Å². The van der Waals surface area contributed by atoms with Gasteiger partial charge in [0.25, 0.3) is 0 Å². The summed E-state index contributed by atoms with van der Waals surface area (Å²) in [5.74, 6) is -1.40. The number of benzene rings is 2. The van der Waals surface area contributed by atoms with Gasteiger partial charge in [0.2, 0.25) is 0 Å². The van der Waals surface area contributed by atoms with Crippen LogP contribution >= 0.6 is 15.9 Å². The number of imidazole rings is 1. The topological polar surface area (TPSA) is 44.1 Å². The van der Waals surface area contributed by atoms with E-state index in [2.05, 4.69) is 20.9 Å². The lowest BCUT2D eigenvalue weighted by atomic mass is 9.95. The lowest BCUT2D eigenvalue weighted by molar-refractivity contribution is 0.0760. The lowest BCUT2D eigenvalue weighted by Crippen LogP contribution is -2.14. The average Bonchev–Trinajstić information content (AvgIpc) is 3.00. The van der Waals surface area contributed by atoms with Gasteiger partial charge in [0.05, 0.1) is 11.8 Å². The summed E-state index contributed by atoms with van der Waals surface area (Å²) in [5, 5.41) is 0. The first-order valence-corrected chi connectivity index (χ1v) is 9.39. The number of aromatic nitrogens is 2. The van der Waals surface area contributed by atoms with Crippen LogP contribution in [-0.2, 0) is 18.2 Å². The molecule has 0 radical (unpaired) electrons. The molecule has 27 heavy (non-hydrogen) atoms. The number of Topliss-reactive ketones (excluding diaryl/α,β-unsaturated/α-hetero) is 1. The summed E-state index contributed by atoms with van der Waals surface area (Å²) in [6.07, 6.45) is 2.21. The van der Waals surface area contributed by atoms with Crippen molar-refractivity contribution in [2.45, 2.75) is 19.8 Å². The van der Waals surface area contributed by atoms with Gasteiger partial charge in [-0.05, 0) is 30.2 Å². The molecule has 0 amide bonds. The van der Waals surface area contributed by atoms with E-state index in [4.69, 9.17) is 4.74 Å². The number of ketones is 1. The van der Waals surface area contributed by atoms with Gasteiger partial charge in [0, 0.05) is 35.7 Å². The molecule has 1 heterocycles. The quantitative estimate of drug-likeness (QED) is 0.394. The summed E-state index contributed by atoms with van der Waals surface area (Å²) in [5.41, 5.74) is 1.30. The van der Waals surface area contributed by atoms with Crippen molar-refractivity contribution < 1.29 is 18.3 Å². The van der Waals surface area contributed by atoms with Gasteiger partial charge < -0.3 is 9.30 Å². The summed E-state index contributed by atoms with van der Waals surface area (Å²) in [7, 11) is 1.73. The Morgan fingerprint density at radius 1 is 1.30 bits per heavy atom. The van der Waals surface area contributed by atoms with Crippen molar-refractivity contribution >= 4 is 32.7 Å². The van der Waals surface area contributed by atoms with Gasteiger partial charge in [-0.25, -0.2) is 13.8 Å². The third kappa shape index (κ3) is 4.09. The fourth-order valence-electron chi connectivity index (χ4n) is 2.93. The van der Waals surface area contributed by atoms with Gasteiger partial charge in [-0.1, -0.05) is 28.9 Å². The summed E-state index contributed by atoms with van der Waals surface area (Å²) < 4.78 is 37.0. The summed E-state index contributed by atoms with van der Waals surface area (Å²) in [6.45, 7) is 2.24. The molecule has 0 saturated heterocycles. The van der Waals surface area contributed by atoms with Crippen molar-refractivity contribution in [3.05, 3.63) is 63.4 Å². The third-order valence-electron chi connectivity index (χ3n) is 4.33. The second kappa shape index (κ2) is 8.27. The zero-order valence-electron chi connectivity index (χ0n) is 15.1. The average molecular weight is 437 g/mol. The predicted octanol–water partition coefficient (Wildman–Crippen LogP) is 4.81. The first-order chi connectivity index (χ1) is 12.9. The second-order valence-corrected chi connectivity index (χ2v) is 7.24. The molecule has 3 aromatic rings. The smallest absolute Gasteiger partial charge is 0.188 e. The van der Waals surface area contributed by atoms with Crippen LogP contribution in [-0.4, -0.2) is 28.5 Å². The van der Waals surface area contributed by atoms with Gasteiger partial charge in [0.15, 0.2) is 11.6 Å². The minimum Gasteiger partial charge on any atom is -0.373 e. The van der Waals surface area contributed by atoms with Crippen LogP contribution in [0.4, 0.5) is 8.78 Å². The number of hydrogen-bond acceptors (Lipinski definition) is 3. The fourth-order valence-corrected chi connectivity index (χ4v) is 3.26. The summed E-state index contributed by atoms with van der Waals surface area (Å²) >= 11 is 3.21. The second-order valence-electron chi connectivity index (χ2n) is 6.33. The van der Waals surface area contributed by atoms with Gasteiger partial charge >= 0.3 is 0 Å². The van der Waals surface area contributed by atoms with E-state index in [1.807, 2.05) is 6.92 Å². The molecule has 0 saturated carbocycles. The number of ether oxygens (including phenoxy) is 1. The number of rotatable bonds is 7. The first-order valence-electron chi connectivity index (χ1n) is 8.59. The van der Waals surface area contributed by atoms with Crippen molar-refractivity contribution in [3.63, 3.8) is 0 Å². The number of fused-ring (bicyclic) bond motifs is 1. The Labute approximate surface area is 164 Å². The molecular weight excluding hydrogens is 418 g/mol.